The highest BCUT2D eigenvalue weighted by Crippen LogP contribution is 2.10. The van der Waals surface area contributed by atoms with Crippen LogP contribution in [0.1, 0.15) is 20.8 Å². The van der Waals surface area contributed by atoms with Gasteiger partial charge in [0.15, 0.2) is 0 Å². The van der Waals surface area contributed by atoms with Crippen LogP contribution in [0, 0.1) is 0 Å². The summed E-state index contributed by atoms with van der Waals surface area (Å²) in [5.41, 5.74) is 2.70. The largest absolute Gasteiger partial charge is 0.309 e. The molecule has 0 saturated heterocycles. The second-order valence-electron chi connectivity index (χ2n) is 2.36. The van der Waals surface area contributed by atoms with E-state index in [0.29, 0.717) is 0 Å². The maximum atomic E-state index is 3.74. The van der Waals surface area contributed by atoms with E-state index in [1.807, 2.05) is 26.8 Å². The minimum Gasteiger partial charge on any atom is -0.309 e. The van der Waals surface area contributed by atoms with Crippen molar-refractivity contribution in [3.05, 3.63) is 36.0 Å². The summed E-state index contributed by atoms with van der Waals surface area (Å²) < 4.78 is 0. The highest BCUT2D eigenvalue weighted by atomic mass is 14.9. The van der Waals surface area contributed by atoms with Crippen LogP contribution in [0.15, 0.2) is 36.0 Å². The summed E-state index contributed by atoms with van der Waals surface area (Å²) in [7, 11) is 0. The van der Waals surface area contributed by atoms with E-state index in [-0.39, 0.29) is 0 Å². The van der Waals surface area contributed by atoms with Crippen molar-refractivity contribution in [2.45, 2.75) is 20.8 Å². The van der Waals surface area contributed by atoms with E-state index in [1.165, 1.54) is 11.1 Å². The summed E-state index contributed by atoms with van der Waals surface area (Å²) in [6.07, 6.45) is 6.12. The van der Waals surface area contributed by atoms with Crippen LogP contribution in [-0.2, 0) is 0 Å². The lowest BCUT2D eigenvalue weighted by atomic mass is 10.1. The molecule has 0 radical (unpaired) electrons. The Kier molecular flexibility index (Phi) is 6.39. The number of rotatable bonds is 2. The molecule has 1 aliphatic heterocycles. The van der Waals surface area contributed by atoms with Gasteiger partial charge in [0.2, 0.25) is 0 Å². The topological polar surface area (TPSA) is 12.0 Å². The van der Waals surface area contributed by atoms with Crippen molar-refractivity contribution in [3.8, 4) is 0 Å². The van der Waals surface area contributed by atoms with Crippen LogP contribution in [0.2, 0.25) is 0 Å². The summed E-state index contributed by atoms with van der Waals surface area (Å²) in [5, 5.41) is 3.26. The Morgan fingerprint density at radius 3 is 2.33 bits per heavy atom. The molecule has 0 aromatic carbocycles. The number of nitrogens with one attached hydrogen (secondary N) is 1. The lowest BCUT2D eigenvalue weighted by Crippen LogP contribution is -2.08. The van der Waals surface area contributed by atoms with Gasteiger partial charge in [-0.3, -0.25) is 0 Å². The van der Waals surface area contributed by atoms with Gasteiger partial charge in [-0.05, 0) is 18.1 Å². The second kappa shape index (κ2) is 6.86. The zero-order valence-corrected chi connectivity index (χ0v) is 8.35. The van der Waals surface area contributed by atoms with Crippen molar-refractivity contribution >= 4 is 0 Å². The molecule has 1 heteroatoms. The van der Waals surface area contributed by atoms with Gasteiger partial charge >= 0.3 is 0 Å². The predicted molar refractivity (Wildman–Crippen MR) is 56.3 cm³/mol. The minimum atomic E-state index is 0.975. The van der Waals surface area contributed by atoms with E-state index >= 15 is 0 Å². The summed E-state index contributed by atoms with van der Waals surface area (Å²) in [6.45, 7) is 11.7. The average Bonchev–Trinajstić information content (AvgIpc) is 2.56. The standard InChI is InChI=1S/C9H13N.C2H6/c1-3-5-9-7-10-6-8(9)4-2;1-2/h3-5,10H,2,6-7H2,1H3;1-2H3/b5-3-;. The Bertz CT molecular complexity index is 187. The Labute approximate surface area is 75.9 Å². The molecule has 12 heavy (non-hydrogen) atoms. The smallest absolute Gasteiger partial charge is 0.0211 e. The molecule has 0 aliphatic carbocycles. The second-order valence-corrected chi connectivity index (χ2v) is 2.36. The number of allylic oxidation sites excluding steroid dienone is 1. The van der Waals surface area contributed by atoms with Crippen molar-refractivity contribution < 1.29 is 0 Å². The Balaban J connectivity index is 0.000000561. The molecule has 0 aromatic heterocycles. The van der Waals surface area contributed by atoms with Crippen molar-refractivity contribution in [3.63, 3.8) is 0 Å². The van der Waals surface area contributed by atoms with E-state index < -0.39 is 0 Å². The van der Waals surface area contributed by atoms with Gasteiger partial charge in [0.25, 0.3) is 0 Å². The predicted octanol–water partition coefficient (Wildman–Crippen LogP) is 2.67. The molecule has 0 fully saturated rings. The third-order valence-corrected chi connectivity index (χ3v) is 1.66. The lowest BCUT2D eigenvalue weighted by molar-refractivity contribution is 0.874. The molecular weight excluding hydrogens is 146 g/mol. The lowest BCUT2D eigenvalue weighted by Gasteiger charge is -1.91. The molecular formula is C11H19N. The van der Waals surface area contributed by atoms with Crippen molar-refractivity contribution in [2.24, 2.45) is 0 Å². The van der Waals surface area contributed by atoms with Crippen LogP contribution in [0.3, 0.4) is 0 Å². The van der Waals surface area contributed by atoms with Crippen LogP contribution < -0.4 is 5.32 Å². The molecule has 1 aliphatic rings. The van der Waals surface area contributed by atoms with Gasteiger partial charge in [0.1, 0.15) is 0 Å². The fraction of sp³-hybridized carbons (Fsp3) is 0.455. The van der Waals surface area contributed by atoms with Gasteiger partial charge in [0, 0.05) is 13.1 Å². The Hall–Kier alpha value is -0.820. The summed E-state index contributed by atoms with van der Waals surface area (Å²) >= 11 is 0. The molecule has 1 rings (SSSR count). The quantitative estimate of drug-likeness (QED) is 0.663. The van der Waals surface area contributed by atoms with Gasteiger partial charge in [-0.15, -0.1) is 0 Å². The van der Waals surface area contributed by atoms with Crippen LogP contribution >= 0.6 is 0 Å². The first-order chi connectivity index (χ1) is 5.88. The zero-order chi connectivity index (χ0) is 9.40. The SMILES string of the molecule is C=CC1=C(/C=C\C)CNC1.CC. The fourth-order valence-electron chi connectivity index (χ4n) is 1.13. The van der Waals surface area contributed by atoms with Crippen molar-refractivity contribution in [1.82, 2.24) is 5.32 Å². The summed E-state index contributed by atoms with van der Waals surface area (Å²) in [4.78, 5) is 0. The highest BCUT2D eigenvalue weighted by molar-refractivity contribution is 5.37. The average molecular weight is 165 g/mol. The van der Waals surface area contributed by atoms with Gasteiger partial charge in [-0.1, -0.05) is 38.7 Å². The van der Waals surface area contributed by atoms with E-state index in [9.17, 15) is 0 Å². The Morgan fingerprint density at radius 1 is 1.25 bits per heavy atom. The van der Waals surface area contributed by atoms with Gasteiger partial charge in [-0.25, -0.2) is 0 Å². The molecule has 0 spiro atoms. The highest BCUT2D eigenvalue weighted by Gasteiger charge is 2.06. The van der Waals surface area contributed by atoms with Crippen molar-refractivity contribution in [1.29, 1.82) is 0 Å². The van der Waals surface area contributed by atoms with Gasteiger partial charge in [-0.2, -0.15) is 0 Å². The van der Waals surface area contributed by atoms with E-state index in [1.54, 1.807) is 0 Å². The monoisotopic (exact) mass is 165 g/mol. The Morgan fingerprint density at radius 2 is 1.83 bits per heavy atom. The molecule has 0 unspecified atom stereocenters. The third-order valence-electron chi connectivity index (χ3n) is 1.66. The van der Waals surface area contributed by atoms with Crippen molar-refractivity contribution in [2.75, 3.05) is 13.1 Å². The minimum absolute atomic E-state index is 0.975. The summed E-state index contributed by atoms with van der Waals surface area (Å²) in [5.74, 6) is 0. The molecule has 1 N–H and O–H groups in total. The molecule has 0 aromatic rings. The summed E-state index contributed by atoms with van der Waals surface area (Å²) in [6, 6.07) is 0. The van der Waals surface area contributed by atoms with E-state index in [2.05, 4.69) is 24.0 Å². The third kappa shape index (κ3) is 3.05. The van der Waals surface area contributed by atoms with E-state index in [0.717, 1.165) is 13.1 Å². The van der Waals surface area contributed by atoms with Crippen LogP contribution in [0.5, 0.6) is 0 Å². The number of hydrogen-bond donors (Lipinski definition) is 1. The zero-order valence-electron chi connectivity index (χ0n) is 8.35. The molecule has 0 saturated carbocycles. The maximum absolute atomic E-state index is 3.74. The van der Waals surface area contributed by atoms with Crippen LogP contribution in [-0.4, -0.2) is 13.1 Å². The maximum Gasteiger partial charge on any atom is 0.0211 e. The molecule has 68 valence electrons. The first-order valence-electron chi connectivity index (χ1n) is 4.56. The molecule has 1 heterocycles. The number of hydrogen-bond acceptors (Lipinski definition) is 1. The van der Waals surface area contributed by atoms with Gasteiger partial charge < -0.3 is 5.32 Å². The molecule has 1 nitrogen and oxygen atoms in total. The van der Waals surface area contributed by atoms with Crippen LogP contribution in [0.25, 0.3) is 0 Å². The normalized spacial score (nSPS) is 16.2. The van der Waals surface area contributed by atoms with E-state index in [4.69, 9.17) is 0 Å². The molecule has 0 atom stereocenters. The van der Waals surface area contributed by atoms with Gasteiger partial charge in [0.05, 0.1) is 0 Å². The fourth-order valence-corrected chi connectivity index (χ4v) is 1.13. The van der Waals surface area contributed by atoms with Crippen LogP contribution in [0.4, 0.5) is 0 Å². The first-order valence-corrected chi connectivity index (χ1v) is 4.56. The molecule has 0 amide bonds. The molecule has 0 bridgehead atoms. The first kappa shape index (κ1) is 11.2.